The highest BCUT2D eigenvalue weighted by atomic mass is 35.5. The zero-order valence-corrected chi connectivity index (χ0v) is 47.3. The van der Waals surface area contributed by atoms with E-state index in [-0.39, 0.29) is 121 Å². The zero-order chi connectivity index (χ0) is 57.9. The molecule has 2 aliphatic heterocycles. The molecular formula is C62H71ClF4N10O7S. The van der Waals surface area contributed by atoms with E-state index in [1.807, 2.05) is 44.2 Å². The molecule has 2 aliphatic rings. The Morgan fingerprint density at radius 1 is 0.612 bits per heavy atom. The number of carbonyl (C=O) groups is 6. The summed E-state index contributed by atoms with van der Waals surface area (Å²) in [5.41, 5.74) is 18.5. The van der Waals surface area contributed by atoms with Crippen LogP contribution >= 0.6 is 25.9 Å². The molecular weight excluding hydrogens is 1140 g/mol. The third-order valence-corrected chi connectivity index (χ3v) is 14.1. The standard InChI is InChI=1S/C30H29F2N5O3.C16H12FN3O3.C14H19FN2O.2CH4.ClH.H2S/c1-18-3-2-4-22(35-18)14-27(38)26-9-7-21(31)11-12-37(26)29(39)17-36-16-24(30(33)40)23-13-19(5-8-25(23)36)20-6-10-28(32)34-15-20;17-14-4-2-10(6-19-14)9-1-3-13-11(5-9)12(16(18)23)7-20(13)8-15(21)22;1-10-3-2-4-12(17-10)9-14(18)13-6-5-11(15)7-8-16-13;;;;/h2-6,8,10,13,15-16,21,26H,7,9,11-12,14,17H2,1H3,(H2,33,40);1-7H,8H2,(H2,18,23)(H,21,22);2-4,11,13,16H,5-9H2,1H3;2*1H4;1H;1H2/t21?,26-;;11?,13-;;;;/m0.0..../s1. The molecule has 0 saturated carbocycles. The molecule has 8 heterocycles. The van der Waals surface area contributed by atoms with Gasteiger partial charge in [0.1, 0.15) is 25.4 Å². The van der Waals surface area contributed by atoms with Crippen LogP contribution in [0.15, 0.2) is 122 Å². The Hall–Kier alpha value is -8.34. The summed E-state index contributed by atoms with van der Waals surface area (Å²) < 4.78 is 56.9. The van der Waals surface area contributed by atoms with Crippen LogP contribution in [-0.4, -0.2) is 112 Å². The van der Waals surface area contributed by atoms with Crippen molar-refractivity contribution in [1.29, 1.82) is 0 Å². The fourth-order valence-electron chi connectivity index (χ4n) is 10.1. The first-order chi connectivity index (χ1) is 38.8. The van der Waals surface area contributed by atoms with Gasteiger partial charge in [-0.05, 0) is 143 Å². The van der Waals surface area contributed by atoms with E-state index in [0.29, 0.717) is 76.4 Å². The second-order valence-corrected chi connectivity index (χ2v) is 20.0. The topological polar surface area (TPSA) is 251 Å². The number of carboxylic acids is 1. The zero-order valence-electron chi connectivity index (χ0n) is 45.4. The summed E-state index contributed by atoms with van der Waals surface area (Å²) in [5.74, 6) is -3.95. The van der Waals surface area contributed by atoms with Crippen molar-refractivity contribution in [2.45, 2.75) is 118 Å². The molecule has 10 rings (SSSR count). The van der Waals surface area contributed by atoms with Crippen LogP contribution in [-0.2, 0) is 45.1 Å². The summed E-state index contributed by atoms with van der Waals surface area (Å²) in [4.78, 5) is 91.4. The van der Waals surface area contributed by atoms with E-state index >= 15 is 0 Å². The SMILES string of the molecule is C.C.Cc1cccc(CC(=O)[C@@H]2CCC(F)CCN2)n1.Cc1cccc(CC(=O)[C@@H]2CCC(F)CCN2C(=O)Cn2cc(C(N)=O)c3cc(-c4ccc(F)nc4)ccc32)n1.Cl.NC(=O)c1cn(CC(=O)O)c2ccc(-c3ccc(F)nc3)cc12.S. The number of hydrogen-bond donors (Lipinski definition) is 4. The van der Waals surface area contributed by atoms with E-state index in [0.717, 1.165) is 22.6 Å². The number of nitrogens with zero attached hydrogens (tertiary/aromatic N) is 7. The second-order valence-electron chi connectivity index (χ2n) is 20.0. The van der Waals surface area contributed by atoms with Crippen LogP contribution in [0.5, 0.6) is 0 Å². The fourth-order valence-corrected chi connectivity index (χ4v) is 10.1. The Morgan fingerprint density at radius 3 is 1.55 bits per heavy atom. The van der Waals surface area contributed by atoms with Gasteiger partial charge >= 0.3 is 5.97 Å². The average Bonchev–Trinajstić information content (AvgIpc) is 3.86. The van der Waals surface area contributed by atoms with Crippen LogP contribution in [0.25, 0.3) is 44.1 Å². The number of aromatic nitrogens is 6. The summed E-state index contributed by atoms with van der Waals surface area (Å²) in [6.45, 7) is 4.00. The Bertz CT molecular complexity index is 3630. The Balaban J connectivity index is 0.000000293. The van der Waals surface area contributed by atoms with Crippen LogP contribution in [0, 0.1) is 25.7 Å². The number of carbonyl (C=O) groups excluding carboxylic acids is 5. The van der Waals surface area contributed by atoms with E-state index in [1.54, 1.807) is 59.2 Å². The maximum Gasteiger partial charge on any atom is 0.323 e. The number of Topliss-reactive ketones (excluding diaryl/α,β-unsaturated/α-hetero) is 2. The molecule has 2 unspecified atom stereocenters. The maximum absolute atomic E-state index is 14.4. The first kappa shape index (κ1) is 69.2. The van der Waals surface area contributed by atoms with Gasteiger partial charge < -0.3 is 35.9 Å². The minimum atomic E-state index is -1.10. The molecule has 2 fully saturated rings. The fraction of sp³-hybridized carbons (Fsp3) is 0.323. The first-order valence-corrected chi connectivity index (χ1v) is 26.3. The lowest BCUT2D eigenvalue weighted by molar-refractivity contribution is -0.139. The van der Waals surface area contributed by atoms with Crippen molar-refractivity contribution in [3.8, 4) is 22.3 Å². The van der Waals surface area contributed by atoms with Gasteiger partial charge in [0.05, 0.1) is 36.1 Å². The highest BCUT2D eigenvalue weighted by molar-refractivity contribution is 7.59. The van der Waals surface area contributed by atoms with Gasteiger partial charge in [-0.2, -0.15) is 22.3 Å². The predicted octanol–water partition coefficient (Wildman–Crippen LogP) is 9.99. The first-order valence-electron chi connectivity index (χ1n) is 26.3. The van der Waals surface area contributed by atoms with Gasteiger partial charge in [0.15, 0.2) is 11.6 Å². The van der Waals surface area contributed by atoms with Gasteiger partial charge in [0, 0.05) is 87.0 Å². The summed E-state index contributed by atoms with van der Waals surface area (Å²) in [6.07, 6.45) is 6.36. The quantitative estimate of drug-likeness (QED) is 0.0586. The monoisotopic (exact) mass is 1210 g/mol. The number of hydrogen-bond acceptors (Lipinski definition) is 11. The number of halogens is 5. The number of nitrogens with one attached hydrogen (secondary N) is 1. The van der Waals surface area contributed by atoms with E-state index < -0.39 is 48.1 Å². The van der Waals surface area contributed by atoms with E-state index in [1.165, 1.54) is 46.4 Å². The molecule has 0 radical (unpaired) electrons. The number of aryl methyl sites for hydroxylation is 2. The van der Waals surface area contributed by atoms with Gasteiger partial charge in [0.25, 0.3) is 11.8 Å². The number of amides is 3. The van der Waals surface area contributed by atoms with Gasteiger partial charge in [0.2, 0.25) is 17.8 Å². The lowest BCUT2D eigenvalue weighted by Gasteiger charge is -2.29. The van der Waals surface area contributed by atoms with Crippen molar-refractivity contribution in [2.75, 3.05) is 13.1 Å². The van der Waals surface area contributed by atoms with Crippen LogP contribution < -0.4 is 16.8 Å². The normalized spacial score (nSPS) is 16.4. The van der Waals surface area contributed by atoms with Crippen molar-refractivity contribution in [1.82, 2.24) is 39.3 Å². The van der Waals surface area contributed by atoms with Crippen molar-refractivity contribution < 1.29 is 51.4 Å². The number of rotatable bonds is 14. The average molecular weight is 1210 g/mol. The number of carboxylic acid groups (broad SMARTS) is 1. The lowest BCUT2D eigenvalue weighted by Crippen LogP contribution is -2.46. The lowest BCUT2D eigenvalue weighted by atomic mass is 10.0. The highest BCUT2D eigenvalue weighted by Gasteiger charge is 2.34. The predicted molar refractivity (Wildman–Crippen MR) is 326 cm³/mol. The van der Waals surface area contributed by atoms with Crippen LogP contribution in [0.3, 0.4) is 0 Å². The molecule has 0 bridgehead atoms. The van der Waals surface area contributed by atoms with Crippen molar-refractivity contribution >= 4 is 83.0 Å². The molecule has 17 nitrogen and oxygen atoms in total. The number of aliphatic carboxylic acids is 1. The van der Waals surface area contributed by atoms with Crippen LogP contribution in [0.4, 0.5) is 17.6 Å². The molecule has 6 aromatic heterocycles. The summed E-state index contributed by atoms with van der Waals surface area (Å²) in [7, 11) is 0. The molecule has 0 aliphatic carbocycles. The summed E-state index contributed by atoms with van der Waals surface area (Å²) >= 11 is 0. The van der Waals surface area contributed by atoms with Gasteiger partial charge in [-0.1, -0.05) is 39.1 Å². The molecule has 6 N–H and O–H groups in total. The number of alkyl halides is 2. The molecule has 2 saturated heterocycles. The third-order valence-electron chi connectivity index (χ3n) is 14.1. The van der Waals surface area contributed by atoms with Crippen molar-refractivity contribution in [2.24, 2.45) is 11.5 Å². The van der Waals surface area contributed by atoms with Gasteiger partial charge in [-0.25, -0.2) is 18.7 Å². The van der Waals surface area contributed by atoms with Crippen molar-refractivity contribution in [3.63, 3.8) is 0 Å². The Labute approximate surface area is 503 Å². The molecule has 2 aromatic carbocycles. The molecule has 8 aromatic rings. The van der Waals surface area contributed by atoms with E-state index in [4.69, 9.17) is 16.6 Å². The smallest absolute Gasteiger partial charge is 0.323 e. The second kappa shape index (κ2) is 31.5. The van der Waals surface area contributed by atoms with Crippen LogP contribution in [0.2, 0.25) is 0 Å². The third kappa shape index (κ3) is 18.1. The summed E-state index contributed by atoms with van der Waals surface area (Å²) in [5, 5.41) is 13.2. The largest absolute Gasteiger partial charge is 0.480 e. The number of fused-ring (bicyclic) bond motifs is 2. The highest BCUT2D eigenvalue weighted by Crippen LogP contribution is 2.31. The Morgan fingerprint density at radius 2 is 1.08 bits per heavy atom. The molecule has 3 amide bonds. The van der Waals surface area contributed by atoms with Crippen molar-refractivity contribution in [3.05, 3.63) is 168 Å². The number of primary amides is 2. The minimum absolute atomic E-state index is 0. The number of nitrogens with two attached hydrogens (primary N) is 2. The van der Waals surface area contributed by atoms with Crippen LogP contribution in [0.1, 0.15) is 96.9 Å². The van der Waals surface area contributed by atoms with E-state index in [9.17, 15) is 46.3 Å². The van der Waals surface area contributed by atoms with Gasteiger partial charge in [-0.3, -0.25) is 38.7 Å². The molecule has 85 heavy (non-hydrogen) atoms. The molecule has 23 heteroatoms. The maximum atomic E-state index is 14.4. The summed E-state index contributed by atoms with van der Waals surface area (Å²) in [6, 6.07) is 26.2. The molecule has 4 atom stereocenters. The Kier molecular flexibility index (Phi) is 25.6. The molecule has 0 spiro atoms. The number of ketones is 2. The van der Waals surface area contributed by atoms with Gasteiger partial charge in [-0.15, -0.1) is 12.4 Å². The number of benzene rings is 2. The number of likely N-dealkylation sites (tertiary alicyclic amines) is 1. The minimum Gasteiger partial charge on any atom is -0.480 e. The molecule has 452 valence electrons. The number of pyridine rings is 4. The van der Waals surface area contributed by atoms with E-state index in [2.05, 4.69) is 25.3 Å².